The molecular weight excluding hydrogens is 132 g/mol. The van der Waals surface area contributed by atoms with E-state index in [1.807, 2.05) is 13.3 Å². The second-order valence-corrected chi connectivity index (χ2v) is 3.40. The minimum absolute atomic E-state index is 0.213. The van der Waals surface area contributed by atoms with Gasteiger partial charge in [0.2, 0.25) is 5.25 Å². The molecule has 2 heteroatoms. The van der Waals surface area contributed by atoms with E-state index in [1.54, 1.807) is 0 Å². The quantitative estimate of drug-likeness (QED) is 0.555. The molecule has 0 bridgehead atoms. The second-order valence-electron chi connectivity index (χ2n) is 2.60. The molecule has 0 aliphatic carbocycles. The minimum Gasteiger partial charge on any atom is -0.0626 e. The zero-order valence-electron chi connectivity index (χ0n) is 6.26. The van der Waals surface area contributed by atoms with E-state index in [0.717, 1.165) is 6.42 Å². The summed E-state index contributed by atoms with van der Waals surface area (Å²) < 4.78 is 10.3. The Labute approximate surface area is 61.3 Å². The van der Waals surface area contributed by atoms with Gasteiger partial charge in [0.25, 0.3) is 0 Å². The molecule has 9 heavy (non-hydrogen) atoms. The number of rotatable bonds is 4. The van der Waals surface area contributed by atoms with Crippen molar-refractivity contribution in [2.75, 3.05) is 0 Å². The molecule has 0 amide bonds. The Morgan fingerprint density at radius 3 is 2.22 bits per heavy atom. The van der Waals surface area contributed by atoms with Crippen LogP contribution in [-0.2, 0) is 15.9 Å². The zero-order chi connectivity index (χ0) is 7.28. The van der Waals surface area contributed by atoms with Crippen molar-refractivity contribution < 1.29 is 4.21 Å². The van der Waals surface area contributed by atoms with Gasteiger partial charge in [0.1, 0.15) is 0 Å². The third kappa shape index (κ3) is 4.52. The van der Waals surface area contributed by atoms with Crippen molar-refractivity contribution in [2.24, 2.45) is 5.92 Å². The summed E-state index contributed by atoms with van der Waals surface area (Å²) in [7, 11) is 0. The Balaban J connectivity index is 3.42. The van der Waals surface area contributed by atoms with Gasteiger partial charge in [-0.05, 0) is 5.92 Å². The van der Waals surface area contributed by atoms with Crippen LogP contribution in [-0.4, -0.2) is 5.25 Å². The minimum atomic E-state index is 0.213. The monoisotopic (exact) mass is 146 g/mol. The summed E-state index contributed by atoms with van der Waals surface area (Å²) in [6.07, 6.45) is 2.97. The van der Waals surface area contributed by atoms with E-state index in [9.17, 15) is 4.21 Å². The van der Waals surface area contributed by atoms with Gasteiger partial charge in [0.15, 0.2) is 0 Å². The Morgan fingerprint density at radius 1 is 1.56 bits per heavy atom. The topological polar surface area (TPSA) is 17.1 Å². The average molecular weight is 146 g/mol. The smallest absolute Gasteiger partial charge is 0.0626 e. The van der Waals surface area contributed by atoms with Gasteiger partial charge in [-0.2, -0.15) is 0 Å². The molecule has 0 heterocycles. The van der Waals surface area contributed by atoms with Crippen LogP contribution in [0.25, 0.3) is 0 Å². The lowest BCUT2D eigenvalue weighted by molar-refractivity contribution is 0.564. The maximum atomic E-state index is 10.3. The van der Waals surface area contributed by atoms with Crippen LogP contribution in [0, 0.1) is 12.3 Å². The van der Waals surface area contributed by atoms with Gasteiger partial charge in [0.05, 0.1) is 0 Å². The van der Waals surface area contributed by atoms with Crippen molar-refractivity contribution >= 4 is 11.7 Å². The van der Waals surface area contributed by atoms with E-state index in [4.69, 9.17) is 0 Å². The van der Waals surface area contributed by atoms with Crippen LogP contribution in [0.2, 0.25) is 0 Å². The van der Waals surface area contributed by atoms with Crippen LogP contribution in [0.5, 0.6) is 0 Å². The molecule has 0 aromatic carbocycles. The molecule has 0 spiro atoms. The van der Waals surface area contributed by atoms with Crippen LogP contribution < -0.4 is 0 Å². The average Bonchev–Trinajstić information content (AvgIpc) is 1.82. The van der Waals surface area contributed by atoms with Crippen molar-refractivity contribution in [1.82, 2.24) is 0 Å². The molecule has 1 unspecified atom stereocenters. The summed E-state index contributed by atoms with van der Waals surface area (Å²) in [4.78, 5) is 0. The summed E-state index contributed by atoms with van der Waals surface area (Å²) in [6, 6.07) is 0. The van der Waals surface area contributed by atoms with E-state index in [1.165, 1.54) is 0 Å². The van der Waals surface area contributed by atoms with Crippen molar-refractivity contribution in [3.8, 4) is 0 Å². The van der Waals surface area contributed by atoms with Crippen molar-refractivity contribution in [2.45, 2.75) is 32.4 Å². The van der Waals surface area contributed by atoms with Crippen molar-refractivity contribution in [1.29, 1.82) is 0 Å². The summed E-state index contributed by atoms with van der Waals surface area (Å²) in [5.41, 5.74) is 0. The highest BCUT2D eigenvalue weighted by Crippen LogP contribution is 2.07. The fourth-order valence-corrected chi connectivity index (χ4v) is 1.27. The molecule has 1 nitrogen and oxygen atoms in total. The summed E-state index contributed by atoms with van der Waals surface area (Å²) in [5.74, 6) is 0.632. The SMILES string of the molecule is C[CH]C(CC(C)C)[S+]=O. The lowest BCUT2D eigenvalue weighted by atomic mass is 10.1. The third-order valence-corrected chi connectivity index (χ3v) is 1.91. The highest BCUT2D eigenvalue weighted by molar-refractivity contribution is 7.66. The first-order valence-electron chi connectivity index (χ1n) is 3.28. The van der Waals surface area contributed by atoms with Crippen molar-refractivity contribution in [3.63, 3.8) is 0 Å². The zero-order valence-corrected chi connectivity index (χ0v) is 7.07. The molecule has 0 rings (SSSR count). The van der Waals surface area contributed by atoms with Crippen LogP contribution in [0.15, 0.2) is 0 Å². The van der Waals surface area contributed by atoms with E-state index >= 15 is 0 Å². The fourth-order valence-electron chi connectivity index (χ4n) is 0.696. The Morgan fingerprint density at radius 2 is 2.11 bits per heavy atom. The predicted molar refractivity (Wildman–Crippen MR) is 41.3 cm³/mol. The molecule has 0 saturated heterocycles. The predicted octanol–water partition coefficient (Wildman–Crippen LogP) is 2.05. The lowest BCUT2D eigenvalue weighted by Gasteiger charge is -1.99. The van der Waals surface area contributed by atoms with Crippen LogP contribution >= 0.6 is 0 Å². The maximum absolute atomic E-state index is 10.3. The van der Waals surface area contributed by atoms with Gasteiger partial charge in [-0.3, -0.25) is 0 Å². The molecule has 0 fully saturated rings. The molecule has 0 saturated carbocycles. The standard InChI is InChI=1S/C7H14OS/c1-4-7(9-8)5-6(2)3/h4,6-7H,5H2,1-3H3/q+1. The van der Waals surface area contributed by atoms with Gasteiger partial charge in [-0.15, -0.1) is 0 Å². The first-order valence-corrected chi connectivity index (χ1v) is 4.09. The Kier molecular flexibility index (Phi) is 4.87. The summed E-state index contributed by atoms with van der Waals surface area (Å²) in [6.45, 7) is 6.21. The Hall–Kier alpha value is 0.0200. The normalized spacial score (nSPS) is 13.8. The third-order valence-electron chi connectivity index (χ3n) is 1.20. The number of hydrogen-bond donors (Lipinski definition) is 0. The highest BCUT2D eigenvalue weighted by Gasteiger charge is 2.19. The molecule has 0 aliphatic rings. The van der Waals surface area contributed by atoms with E-state index in [-0.39, 0.29) is 5.25 Å². The van der Waals surface area contributed by atoms with Crippen LogP contribution in [0.4, 0.5) is 0 Å². The largest absolute Gasteiger partial charge is 0.462 e. The van der Waals surface area contributed by atoms with Crippen molar-refractivity contribution in [3.05, 3.63) is 6.42 Å². The van der Waals surface area contributed by atoms with E-state index < -0.39 is 0 Å². The summed E-state index contributed by atoms with van der Waals surface area (Å²) >= 11 is 0.693. The summed E-state index contributed by atoms with van der Waals surface area (Å²) in [5, 5.41) is 0.213. The molecule has 0 aliphatic heterocycles. The van der Waals surface area contributed by atoms with Crippen LogP contribution in [0.1, 0.15) is 27.2 Å². The van der Waals surface area contributed by atoms with Crippen LogP contribution in [0.3, 0.4) is 0 Å². The molecule has 1 radical (unpaired) electrons. The Bertz CT molecular complexity index is 81.0. The lowest BCUT2D eigenvalue weighted by Crippen LogP contribution is -2.07. The second kappa shape index (κ2) is 4.86. The van der Waals surface area contributed by atoms with Gasteiger partial charge in [-0.25, -0.2) is 0 Å². The van der Waals surface area contributed by atoms with Gasteiger partial charge in [-0.1, -0.05) is 20.8 Å². The molecular formula is C7H14OS+. The fraction of sp³-hybridized carbons (Fsp3) is 0.857. The van der Waals surface area contributed by atoms with E-state index in [0.29, 0.717) is 17.6 Å². The van der Waals surface area contributed by atoms with Gasteiger partial charge in [0, 0.05) is 17.1 Å². The first kappa shape index (κ1) is 9.02. The maximum Gasteiger partial charge on any atom is 0.462 e. The molecule has 0 aromatic heterocycles. The highest BCUT2D eigenvalue weighted by atomic mass is 32.1. The van der Waals surface area contributed by atoms with Gasteiger partial charge < -0.3 is 0 Å². The number of hydrogen-bond acceptors (Lipinski definition) is 1. The van der Waals surface area contributed by atoms with E-state index in [2.05, 4.69) is 13.8 Å². The molecule has 0 N–H and O–H groups in total. The molecule has 53 valence electrons. The molecule has 1 atom stereocenters. The molecule has 0 aromatic rings. The van der Waals surface area contributed by atoms with Gasteiger partial charge >= 0.3 is 11.7 Å². The first-order chi connectivity index (χ1) is 4.20.